The predicted molar refractivity (Wildman–Crippen MR) is 141 cm³/mol. The molecule has 0 aromatic heterocycles. The van der Waals surface area contributed by atoms with Crippen LogP contribution in [0.3, 0.4) is 0 Å². The number of benzene rings is 3. The molecule has 12 N–H and O–H groups in total. The third-order valence-electron chi connectivity index (χ3n) is 5.13. The zero-order valence-electron chi connectivity index (χ0n) is 21.0. The third kappa shape index (κ3) is 7.61. The van der Waals surface area contributed by atoms with Gasteiger partial charge in [-0.2, -0.15) is 0 Å². The molecule has 3 aromatic rings. The predicted octanol–water partition coefficient (Wildman–Crippen LogP) is 2.21. The summed E-state index contributed by atoms with van der Waals surface area (Å²) in [5.74, 6) is 0. The van der Waals surface area contributed by atoms with Crippen molar-refractivity contribution in [2.24, 2.45) is 0 Å². The summed E-state index contributed by atoms with van der Waals surface area (Å²) in [6, 6.07) is 11.1. The fourth-order valence-corrected chi connectivity index (χ4v) is 7.96. The van der Waals surface area contributed by atoms with Gasteiger partial charge >= 0.3 is 0 Å². The largest absolute Gasteiger partial charge is 0.744 e. The summed E-state index contributed by atoms with van der Waals surface area (Å²) >= 11 is 0. The molecule has 0 saturated carbocycles. The molecule has 0 bridgehead atoms. The lowest BCUT2D eigenvalue weighted by Crippen LogP contribution is -2.27. The fourth-order valence-electron chi connectivity index (χ4n) is 3.35. The van der Waals surface area contributed by atoms with E-state index in [2.05, 4.69) is 0 Å². The lowest BCUT2D eigenvalue weighted by molar-refractivity contribution is 0.461. The highest BCUT2D eigenvalue weighted by Crippen LogP contribution is 2.38. The molecule has 0 spiro atoms. The molecule has 0 unspecified atom stereocenters. The highest BCUT2D eigenvalue weighted by molar-refractivity contribution is 7.86. The summed E-state index contributed by atoms with van der Waals surface area (Å²) in [5, 5.41) is 0.956. The van der Waals surface area contributed by atoms with E-state index < -0.39 is 53.0 Å². The summed E-state index contributed by atoms with van der Waals surface area (Å²) in [5.41, 5.74) is 1.59. The van der Waals surface area contributed by atoms with E-state index in [0.717, 1.165) is 36.4 Å². The van der Waals surface area contributed by atoms with E-state index >= 15 is 0 Å². The van der Waals surface area contributed by atoms with E-state index in [1.165, 1.54) is 18.2 Å². The van der Waals surface area contributed by atoms with Crippen molar-refractivity contribution in [3.63, 3.8) is 0 Å². The Bertz CT molecular complexity index is 1430. The van der Waals surface area contributed by atoms with Crippen LogP contribution in [0.25, 0.3) is 0 Å². The molecular formula is C21H30N3O9PS3. The lowest BCUT2D eigenvalue weighted by atomic mass is 10.2. The molecular weight excluding hydrogens is 565 g/mol. The molecule has 0 radical (unpaired) electrons. The second kappa shape index (κ2) is 12.0. The van der Waals surface area contributed by atoms with E-state index in [0.29, 0.717) is 32.6 Å². The zero-order chi connectivity index (χ0) is 25.6. The first kappa shape index (κ1) is 34.7. The van der Waals surface area contributed by atoms with Crippen LogP contribution in [-0.4, -0.2) is 38.9 Å². The van der Waals surface area contributed by atoms with Crippen molar-refractivity contribution in [3.8, 4) is 0 Å². The number of hydrogen-bond acceptors (Lipinski definition) is 9. The van der Waals surface area contributed by atoms with Gasteiger partial charge in [0, 0.05) is 0 Å². The average molecular weight is 596 g/mol. The maximum absolute atomic E-state index is 11.7. The van der Waals surface area contributed by atoms with E-state index in [1.54, 1.807) is 20.8 Å². The van der Waals surface area contributed by atoms with Gasteiger partial charge in [-0.25, -0.2) is 25.3 Å². The van der Waals surface area contributed by atoms with Crippen molar-refractivity contribution in [2.75, 3.05) is 0 Å². The molecule has 3 rings (SSSR count). The molecule has 0 atom stereocenters. The molecule has 0 amide bonds. The quantitative estimate of drug-likeness (QED) is 0.277. The minimum Gasteiger partial charge on any atom is -0.744 e. The van der Waals surface area contributed by atoms with Gasteiger partial charge in [-0.05, 0) is 97.7 Å². The zero-order valence-corrected chi connectivity index (χ0v) is 24.4. The van der Waals surface area contributed by atoms with Gasteiger partial charge < -0.3 is 32.1 Å². The number of hydrogen-bond donors (Lipinski definition) is 3. The fraction of sp³-hybridized carbons (Fsp3) is 0.143. The normalized spacial score (nSPS) is 11.8. The molecule has 16 heteroatoms. The summed E-state index contributed by atoms with van der Waals surface area (Å²) in [6.45, 7) is 4.91. The Labute approximate surface area is 217 Å². The molecule has 37 heavy (non-hydrogen) atoms. The third-order valence-corrected chi connectivity index (χ3v) is 10.5. The highest BCUT2D eigenvalue weighted by Gasteiger charge is 2.25. The Morgan fingerprint density at radius 1 is 0.486 bits per heavy atom. The molecule has 3 aromatic carbocycles. The summed E-state index contributed by atoms with van der Waals surface area (Å²) in [6.07, 6.45) is 0. The van der Waals surface area contributed by atoms with Crippen LogP contribution in [0.15, 0.2) is 69.3 Å². The van der Waals surface area contributed by atoms with Crippen molar-refractivity contribution in [1.82, 2.24) is 18.5 Å². The van der Waals surface area contributed by atoms with Crippen LogP contribution in [0.5, 0.6) is 0 Å². The van der Waals surface area contributed by atoms with Crippen LogP contribution in [-0.2, 0) is 30.4 Å². The van der Waals surface area contributed by atoms with Gasteiger partial charge in [0.05, 0.1) is 14.7 Å². The van der Waals surface area contributed by atoms with E-state index in [9.17, 15) is 38.9 Å². The van der Waals surface area contributed by atoms with E-state index in [-0.39, 0.29) is 18.5 Å². The average Bonchev–Trinajstić information content (AvgIpc) is 2.69. The first-order valence-corrected chi connectivity index (χ1v) is 15.1. The highest BCUT2D eigenvalue weighted by atomic mass is 32.2. The van der Waals surface area contributed by atoms with Crippen molar-refractivity contribution in [3.05, 3.63) is 71.3 Å². The summed E-state index contributed by atoms with van der Waals surface area (Å²) < 4.78 is 105. The molecule has 0 aliphatic rings. The minimum absolute atomic E-state index is 0. The molecule has 0 aliphatic carbocycles. The maximum atomic E-state index is 11.7. The first-order chi connectivity index (χ1) is 15.5. The Kier molecular flexibility index (Phi) is 11.3. The molecule has 206 valence electrons. The van der Waals surface area contributed by atoms with Gasteiger partial charge in [0.15, 0.2) is 0 Å². The van der Waals surface area contributed by atoms with Crippen molar-refractivity contribution in [2.45, 2.75) is 35.5 Å². The second-order valence-corrected chi connectivity index (χ2v) is 13.8. The van der Waals surface area contributed by atoms with Gasteiger partial charge in [-0.3, -0.25) is 0 Å². The lowest BCUT2D eigenvalue weighted by Gasteiger charge is -2.27. The van der Waals surface area contributed by atoms with Crippen molar-refractivity contribution >= 4 is 54.2 Å². The van der Waals surface area contributed by atoms with Crippen LogP contribution in [0.2, 0.25) is 0 Å². The molecule has 12 nitrogen and oxygen atoms in total. The van der Waals surface area contributed by atoms with Crippen LogP contribution >= 0.6 is 7.92 Å². The van der Waals surface area contributed by atoms with Gasteiger partial charge in [-0.1, -0.05) is 18.2 Å². The number of rotatable bonds is 6. The Morgan fingerprint density at radius 2 is 0.703 bits per heavy atom. The Hall–Kier alpha value is -2.30. The topological polar surface area (TPSA) is 281 Å². The molecule has 0 saturated heterocycles. The molecule has 0 aliphatic heterocycles. The standard InChI is InChI=1S/C21H21O9PS3.3H3N/c1-13-4-7-16(32(22,23)24)10-19(13)31(20-11-17(33(25,26)27)8-5-14(20)2)21-12-18(34(28,29)30)9-6-15(21)3;;;/h4-12H,1-3H3,(H,22,23,24)(H,25,26,27)(H,28,29,30);3*1H3. The van der Waals surface area contributed by atoms with Gasteiger partial charge in [0.25, 0.3) is 0 Å². The van der Waals surface area contributed by atoms with Crippen LogP contribution < -0.4 is 34.4 Å². The van der Waals surface area contributed by atoms with E-state index in [1.807, 2.05) is 0 Å². The monoisotopic (exact) mass is 595 g/mol. The van der Waals surface area contributed by atoms with Gasteiger partial charge in [-0.15, -0.1) is 0 Å². The SMILES string of the molecule is Cc1ccc(S(=O)(=O)[O-])cc1P(c1cc(S(=O)(=O)[O-])ccc1C)c1cc(S(=O)(=O)[O-])ccc1C.[NH4+].[NH4+].[NH4+]. The molecule has 0 fully saturated rings. The second-order valence-electron chi connectivity index (χ2n) is 7.54. The van der Waals surface area contributed by atoms with Crippen molar-refractivity contribution < 1.29 is 38.9 Å². The van der Waals surface area contributed by atoms with Crippen LogP contribution in [0, 0.1) is 20.8 Å². The summed E-state index contributed by atoms with van der Waals surface area (Å²) in [7, 11) is -16.5. The smallest absolute Gasteiger partial charge is 0.124 e. The summed E-state index contributed by atoms with van der Waals surface area (Å²) in [4.78, 5) is -1.59. The van der Waals surface area contributed by atoms with Gasteiger partial charge in [0.2, 0.25) is 0 Å². The molecule has 0 heterocycles. The van der Waals surface area contributed by atoms with Gasteiger partial charge in [0.1, 0.15) is 30.4 Å². The Morgan fingerprint density at radius 3 is 0.892 bits per heavy atom. The Balaban J connectivity index is 0.00000432. The minimum atomic E-state index is -4.85. The van der Waals surface area contributed by atoms with Crippen LogP contribution in [0.4, 0.5) is 0 Å². The van der Waals surface area contributed by atoms with E-state index in [4.69, 9.17) is 0 Å². The maximum Gasteiger partial charge on any atom is 0.124 e. The van der Waals surface area contributed by atoms with Crippen LogP contribution in [0.1, 0.15) is 16.7 Å². The first-order valence-electron chi connectivity index (χ1n) is 9.50. The number of quaternary nitrogens is 3. The number of aryl methyl sites for hydroxylation is 3. The van der Waals surface area contributed by atoms with Crippen molar-refractivity contribution in [1.29, 1.82) is 0 Å².